The minimum Gasteiger partial charge on any atom is -0.493 e. The van der Waals surface area contributed by atoms with Crippen LogP contribution in [-0.4, -0.2) is 61.4 Å². The van der Waals surface area contributed by atoms with Gasteiger partial charge in [0.2, 0.25) is 0 Å². The lowest BCUT2D eigenvalue weighted by Crippen LogP contribution is -2.39. The summed E-state index contributed by atoms with van der Waals surface area (Å²) in [5, 5.41) is 3.52. The van der Waals surface area contributed by atoms with E-state index in [0.29, 0.717) is 46.4 Å². The third-order valence-electron chi connectivity index (χ3n) is 11.1. The molecule has 0 aliphatic carbocycles. The number of amides is 2. The molecule has 2 atom stereocenters. The van der Waals surface area contributed by atoms with E-state index in [1.54, 1.807) is 32.4 Å². The van der Waals surface area contributed by atoms with Crippen molar-refractivity contribution < 1.29 is 28.5 Å². The highest BCUT2D eigenvalue weighted by molar-refractivity contribution is 7.99. The number of carbonyl (C=O) groups excluding carboxylic acids is 2. The second-order valence-electron chi connectivity index (χ2n) is 16.0. The van der Waals surface area contributed by atoms with E-state index in [9.17, 15) is 9.59 Å². The lowest BCUT2D eigenvalue weighted by atomic mass is 10.1. The van der Waals surface area contributed by atoms with Crippen LogP contribution in [-0.2, 0) is 31.8 Å². The molecule has 0 aromatic heterocycles. The molecule has 1 N–H and O–H groups in total. The molecule has 0 fully saturated rings. The maximum absolute atomic E-state index is 14.0. The quantitative estimate of drug-likeness (QED) is 0.120. The molecule has 1 unspecified atom stereocenters. The number of anilines is 3. The molecule has 5 aromatic rings. The molecule has 302 valence electrons. The van der Waals surface area contributed by atoms with Crippen molar-refractivity contribution in [2.75, 3.05) is 41.6 Å². The Hall–Kier alpha value is -5.59. The molecule has 9 rings (SSSR count). The number of para-hydroxylation sites is 2. The third-order valence-corrected chi connectivity index (χ3v) is 12.9. The van der Waals surface area contributed by atoms with Crippen molar-refractivity contribution in [3.05, 3.63) is 130 Å². The molecule has 4 aliphatic heterocycles. The van der Waals surface area contributed by atoms with Crippen LogP contribution in [0.3, 0.4) is 0 Å². The molecule has 0 saturated heterocycles. The Morgan fingerprint density at radius 1 is 0.746 bits per heavy atom. The van der Waals surface area contributed by atoms with E-state index in [2.05, 4.69) is 49.5 Å². The Bertz CT molecular complexity index is 2500. The Kier molecular flexibility index (Phi) is 10.5. The van der Waals surface area contributed by atoms with Crippen molar-refractivity contribution in [3.63, 3.8) is 0 Å². The molecule has 0 saturated carbocycles. The first kappa shape index (κ1) is 38.9. The number of hydrogen-bond donors (Lipinski definition) is 2. The monoisotopic (exact) mass is 826 g/mol. The van der Waals surface area contributed by atoms with E-state index in [4.69, 9.17) is 36.6 Å². The summed E-state index contributed by atoms with van der Waals surface area (Å²) in [5.41, 5.74) is 9.49. The molecule has 0 bridgehead atoms. The van der Waals surface area contributed by atoms with Gasteiger partial charge >= 0.3 is 0 Å². The maximum Gasteiger partial charge on any atom is 0.261 e. The number of ether oxygens (including phenoxy) is 4. The highest BCUT2D eigenvalue weighted by atomic mass is 32.2. The minimum atomic E-state index is -0.155. The van der Waals surface area contributed by atoms with Gasteiger partial charge in [0, 0.05) is 58.9 Å². The van der Waals surface area contributed by atoms with Gasteiger partial charge in [-0.05, 0) is 64.6 Å². The summed E-state index contributed by atoms with van der Waals surface area (Å²) in [4.78, 5) is 36.5. The number of carbonyl (C=O) groups is 2. The van der Waals surface area contributed by atoms with Crippen molar-refractivity contribution in [1.82, 2.24) is 0 Å². The maximum atomic E-state index is 14.0. The van der Waals surface area contributed by atoms with E-state index in [1.807, 2.05) is 70.2 Å². The first-order valence-electron chi connectivity index (χ1n) is 19.8. The molecule has 4 heterocycles. The van der Waals surface area contributed by atoms with Gasteiger partial charge in [0.1, 0.15) is 13.2 Å². The number of nitrogens with zero attached hydrogens (tertiary/aromatic N) is 3. The first-order chi connectivity index (χ1) is 28.6. The van der Waals surface area contributed by atoms with Gasteiger partial charge in [-0.2, -0.15) is 24.4 Å². The zero-order chi connectivity index (χ0) is 40.8. The topological polar surface area (TPSA) is 102 Å². The van der Waals surface area contributed by atoms with E-state index < -0.39 is 0 Å². The van der Waals surface area contributed by atoms with Gasteiger partial charge < -0.3 is 29.2 Å². The van der Waals surface area contributed by atoms with Crippen LogP contribution >= 0.6 is 24.4 Å². The largest absolute Gasteiger partial charge is 0.493 e. The number of methoxy groups -OCH3 is 2. The second kappa shape index (κ2) is 15.9. The van der Waals surface area contributed by atoms with E-state index >= 15 is 0 Å². The van der Waals surface area contributed by atoms with Crippen molar-refractivity contribution in [2.45, 2.75) is 62.5 Å². The zero-order valence-electron chi connectivity index (χ0n) is 33.5. The van der Waals surface area contributed by atoms with Crippen molar-refractivity contribution in [3.8, 4) is 23.0 Å². The Morgan fingerprint density at radius 3 is 2.02 bits per heavy atom. The van der Waals surface area contributed by atoms with Crippen LogP contribution in [0.4, 0.5) is 22.7 Å². The molecular formula is C47H46N4O6S2. The van der Waals surface area contributed by atoms with Gasteiger partial charge in [-0.15, -0.1) is 0 Å². The fourth-order valence-corrected chi connectivity index (χ4v) is 9.71. The third kappa shape index (κ3) is 7.71. The van der Waals surface area contributed by atoms with Crippen LogP contribution in [0, 0.1) is 0 Å². The smallest absolute Gasteiger partial charge is 0.261 e. The van der Waals surface area contributed by atoms with Gasteiger partial charge in [-0.1, -0.05) is 62.4 Å². The summed E-state index contributed by atoms with van der Waals surface area (Å²) in [7, 11) is 3.17. The van der Waals surface area contributed by atoms with Crippen molar-refractivity contribution in [1.29, 1.82) is 0 Å². The summed E-state index contributed by atoms with van der Waals surface area (Å²) in [6, 6.07) is 29.5. The van der Waals surface area contributed by atoms with E-state index in [-0.39, 0.29) is 41.9 Å². The summed E-state index contributed by atoms with van der Waals surface area (Å²) in [6.45, 7) is 5.35. The lowest BCUT2D eigenvalue weighted by Gasteiger charge is -2.22. The van der Waals surface area contributed by atoms with Crippen LogP contribution in [0.15, 0.2) is 96.0 Å². The van der Waals surface area contributed by atoms with Crippen LogP contribution in [0.25, 0.3) is 0 Å². The molecular weight excluding hydrogens is 781 g/mol. The van der Waals surface area contributed by atoms with Crippen LogP contribution in [0.2, 0.25) is 0 Å². The fraction of sp³-hybridized carbons (Fsp3) is 0.298. The van der Waals surface area contributed by atoms with Crippen molar-refractivity contribution in [2.24, 2.45) is 4.99 Å². The summed E-state index contributed by atoms with van der Waals surface area (Å²) < 4.78 is 24.4. The van der Waals surface area contributed by atoms with Crippen LogP contribution in [0.5, 0.6) is 23.0 Å². The lowest BCUT2D eigenvalue weighted by molar-refractivity contribution is 0.0976. The molecule has 0 spiro atoms. The standard InChI is InChI=1S/C47H46N4O6S2/c1-47(2,58)27-59-26-30-14-28(24-56-43-20-37-35(18-41(43)54-3)45(52)50-33(22-48-37)16-31-9-5-7-11-39(31)50)13-29(15-30)25-57-44-21-38-36(19-42(44)55-4)46(53)51-34(23-49-38)17-32-10-6-8-12-40(32)51/h5-15,18-22,33-34,49,58H,16-17,23-27H2,1-4H3/t33?,34-/m0/s1. The SMILES string of the molecule is COc1cc2c(cc1OCc1cc(COc3cc4c(cc3OC)C(=O)N3c5ccccc5C[C@H]3CN4)cc(CSCC(C)(C)S)c1)N=CC1Cc3ccccc3N1C2=O. The van der Waals surface area contributed by atoms with E-state index in [0.717, 1.165) is 63.7 Å². The van der Waals surface area contributed by atoms with Crippen LogP contribution < -0.4 is 34.1 Å². The Labute approximate surface area is 354 Å². The number of hydrogen-bond acceptors (Lipinski definition) is 10. The molecule has 0 radical (unpaired) electrons. The van der Waals surface area contributed by atoms with Gasteiger partial charge in [-0.3, -0.25) is 19.5 Å². The van der Waals surface area contributed by atoms with Crippen LogP contribution in [0.1, 0.15) is 62.4 Å². The highest BCUT2D eigenvalue weighted by Crippen LogP contribution is 2.43. The van der Waals surface area contributed by atoms with Gasteiger partial charge in [0.15, 0.2) is 23.0 Å². The number of benzene rings is 5. The Morgan fingerprint density at radius 2 is 1.34 bits per heavy atom. The molecule has 10 nitrogen and oxygen atoms in total. The highest BCUT2D eigenvalue weighted by Gasteiger charge is 2.38. The number of aliphatic imine (C=N–C) groups is 1. The van der Waals surface area contributed by atoms with E-state index in [1.165, 1.54) is 5.56 Å². The predicted octanol–water partition coefficient (Wildman–Crippen LogP) is 9.09. The summed E-state index contributed by atoms with van der Waals surface area (Å²) in [5.74, 6) is 3.45. The average molecular weight is 827 g/mol. The number of rotatable bonds is 12. The molecule has 12 heteroatoms. The number of thioether (sulfide) groups is 1. The molecule has 2 amide bonds. The van der Waals surface area contributed by atoms with Gasteiger partial charge in [-0.25, -0.2) is 0 Å². The predicted molar refractivity (Wildman–Crippen MR) is 238 cm³/mol. The fourth-order valence-electron chi connectivity index (χ4n) is 8.43. The number of nitrogens with one attached hydrogen (secondary N) is 1. The first-order valence-corrected chi connectivity index (χ1v) is 21.4. The number of thiol groups is 1. The molecule has 4 aliphatic rings. The minimum absolute atomic E-state index is 0.0221. The second-order valence-corrected chi connectivity index (χ2v) is 18.2. The summed E-state index contributed by atoms with van der Waals surface area (Å²) in [6.07, 6.45) is 3.38. The molecule has 5 aromatic carbocycles. The zero-order valence-corrected chi connectivity index (χ0v) is 35.2. The normalized spacial score (nSPS) is 17.4. The summed E-state index contributed by atoms with van der Waals surface area (Å²) >= 11 is 6.55. The molecule has 59 heavy (non-hydrogen) atoms. The van der Waals surface area contributed by atoms with Gasteiger partial charge in [0.25, 0.3) is 11.8 Å². The Balaban J connectivity index is 0.959. The van der Waals surface area contributed by atoms with Crippen molar-refractivity contribution >= 4 is 65.2 Å². The number of fused-ring (bicyclic) bond motifs is 8. The van der Waals surface area contributed by atoms with Gasteiger partial charge in [0.05, 0.1) is 48.8 Å². The average Bonchev–Trinajstić information content (AvgIpc) is 3.72.